The summed E-state index contributed by atoms with van der Waals surface area (Å²) in [6.07, 6.45) is 3.37. The fourth-order valence-electron chi connectivity index (χ4n) is 1.50. The van der Waals surface area contributed by atoms with E-state index in [0.29, 0.717) is 34.8 Å². The summed E-state index contributed by atoms with van der Waals surface area (Å²) in [6, 6.07) is 3.69. The van der Waals surface area contributed by atoms with Crippen molar-refractivity contribution in [2.24, 2.45) is 20.2 Å². The van der Waals surface area contributed by atoms with E-state index in [1.165, 1.54) is 0 Å². The molecule has 0 amide bonds. The molecule has 0 aromatic carbocycles. The van der Waals surface area contributed by atoms with Gasteiger partial charge in [-0.15, -0.1) is 0 Å². The third kappa shape index (κ3) is 8.30. The van der Waals surface area contributed by atoms with Crippen molar-refractivity contribution in [2.75, 3.05) is 13.1 Å². The van der Waals surface area contributed by atoms with Gasteiger partial charge in [-0.05, 0) is 43.2 Å². The first-order chi connectivity index (χ1) is 11.1. The van der Waals surface area contributed by atoms with Gasteiger partial charge in [0.05, 0.1) is 5.71 Å². The molecule has 0 aliphatic rings. The van der Waals surface area contributed by atoms with Gasteiger partial charge in [-0.1, -0.05) is 0 Å². The van der Waals surface area contributed by atoms with Crippen LogP contribution >= 0.6 is 0 Å². The first-order valence-corrected chi connectivity index (χ1v) is 7.87. The van der Waals surface area contributed by atoms with Crippen LogP contribution in [0.5, 0.6) is 0 Å². The molecule has 7 nitrogen and oxygen atoms in total. The van der Waals surface area contributed by atoms with Crippen LogP contribution in [0, 0.1) is 0 Å². The van der Waals surface area contributed by atoms with E-state index in [4.69, 9.17) is 25.3 Å². The summed E-state index contributed by atoms with van der Waals surface area (Å²) in [5.41, 5.74) is 7.43. The Labute approximate surface area is 163 Å². The maximum atomic E-state index is 5.06. The van der Waals surface area contributed by atoms with Gasteiger partial charge in [0.1, 0.15) is 5.71 Å². The molecule has 0 bridgehead atoms. The minimum absolute atomic E-state index is 0. The van der Waals surface area contributed by atoms with E-state index in [-0.39, 0.29) is 17.1 Å². The van der Waals surface area contributed by atoms with Gasteiger partial charge in [0.2, 0.25) is 0 Å². The number of hydrazone groups is 2. The van der Waals surface area contributed by atoms with Crippen LogP contribution in [0.4, 0.5) is 0 Å². The maximum absolute atomic E-state index is 5.06. The first-order valence-electron chi connectivity index (χ1n) is 7.06. The Morgan fingerprint density at radius 1 is 1.08 bits per heavy atom. The average molecular weight is 413 g/mol. The largest absolute Gasteiger partial charge is 2.00 e. The number of hydrogen-bond acceptors (Lipinski definition) is 7. The smallest absolute Gasteiger partial charge is 0.741 e. The molecule has 2 N–H and O–H groups in total. The molecule has 0 aliphatic carbocycles. The number of nitrogens with one attached hydrogen (secondary N) is 2. The topological polar surface area (TPSA) is 86.4 Å². The predicted octanol–water partition coefficient (Wildman–Crippen LogP) is 1.18. The number of nitrogens with zero attached hydrogens (tertiary/aromatic N) is 5. The molecule has 133 valence electrons. The van der Waals surface area contributed by atoms with Crippen molar-refractivity contribution < 1.29 is 17.1 Å². The van der Waals surface area contributed by atoms with Gasteiger partial charge < -0.3 is 25.3 Å². The normalized spacial score (nSPS) is 13.3. The minimum atomic E-state index is 0. The van der Waals surface area contributed by atoms with E-state index in [0.717, 1.165) is 5.56 Å². The van der Waals surface area contributed by atoms with Gasteiger partial charge in [-0.25, -0.2) is 0 Å². The Morgan fingerprint density at radius 3 is 2.17 bits per heavy atom. The van der Waals surface area contributed by atoms with E-state index < -0.39 is 0 Å². The molecule has 0 atom stereocenters. The predicted molar refractivity (Wildman–Crippen MR) is 101 cm³/mol. The van der Waals surface area contributed by atoms with Crippen LogP contribution in [0.15, 0.2) is 44.7 Å². The van der Waals surface area contributed by atoms with Crippen molar-refractivity contribution in [1.29, 1.82) is 0 Å². The molecule has 10 heteroatoms. The molecular weight excluding hydrogens is 394 g/mol. The van der Waals surface area contributed by atoms with Crippen molar-refractivity contribution in [3.63, 3.8) is 0 Å². The quantitative estimate of drug-likeness (QED) is 0.241. The zero-order valence-corrected chi connectivity index (χ0v) is 16.2. The Morgan fingerprint density at radius 2 is 1.67 bits per heavy atom. The average Bonchev–Trinajstić information content (AvgIpc) is 2.54. The molecule has 1 radical (unpaired) electrons. The van der Waals surface area contributed by atoms with Gasteiger partial charge in [-0.3, -0.25) is 25.8 Å². The van der Waals surface area contributed by atoms with Crippen molar-refractivity contribution in [2.45, 2.75) is 20.8 Å². The van der Waals surface area contributed by atoms with E-state index in [1.807, 2.05) is 26.0 Å². The number of amidine groups is 2. The van der Waals surface area contributed by atoms with Crippen molar-refractivity contribution in [1.82, 2.24) is 15.8 Å². The second-order valence-corrected chi connectivity index (χ2v) is 4.96. The van der Waals surface area contributed by atoms with Crippen LogP contribution in [-0.2, 0) is 42.3 Å². The maximum Gasteiger partial charge on any atom is 2.00 e. The molecule has 0 fully saturated rings. The molecule has 1 heterocycles. The molecule has 24 heavy (non-hydrogen) atoms. The van der Waals surface area contributed by atoms with E-state index in [9.17, 15) is 0 Å². The fraction of sp³-hybridized carbons (Fsp3) is 0.357. The Hall–Kier alpha value is -1.61. The first kappa shape index (κ1) is 22.4. The van der Waals surface area contributed by atoms with Crippen LogP contribution in [0.1, 0.15) is 26.3 Å². The van der Waals surface area contributed by atoms with Crippen LogP contribution in [0.3, 0.4) is 0 Å². The molecule has 0 spiro atoms. The molecule has 1 rings (SSSR count). The number of rotatable bonds is 6. The SMILES string of the molecule is CCN=C([S-])N/N=C(C)/C(=N/NC([S-])=NCC)c1cccnc1.[Cu+2]. The Kier molecular flexibility index (Phi) is 11.9. The van der Waals surface area contributed by atoms with E-state index in [1.54, 1.807) is 19.3 Å². The van der Waals surface area contributed by atoms with E-state index in [2.05, 4.69) is 36.0 Å². The van der Waals surface area contributed by atoms with Gasteiger partial charge in [0.15, 0.2) is 0 Å². The number of aromatic nitrogens is 1. The van der Waals surface area contributed by atoms with Crippen molar-refractivity contribution >= 4 is 47.0 Å². The summed E-state index contributed by atoms with van der Waals surface area (Å²) < 4.78 is 0. The number of hydrogen-bond donors (Lipinski definition) is 2. The Bertz CT molecular complexity index is 615. The van der Waals surface area contributed by atoms with Crippen LogP contribution < -0.4 is 10.9 Å². The molecule has 0 saturated heterocycles. The molecule has 0 saturated carbocycles. The second kappa shape index (κ2) is 12.8. The van der Waals surface area contributed by atoms with Gasteiger partial charge in [-0.2, -0.15) is 10.2 Å². The van der Waals surface area contributed by atoms with Crippen LogP contribution in [-0.4, -0.2) is 39.8 Å². The fourth-order valence-corrected chi connectivity index (χ4v) is 1.85. The zero-order valence-electron chi connectivity index (χ0n) is 13.6. The molecule has 1 aromatic rings. The third-order valence-electron chi connectivity index (χ3n) is 2.46. The molecule has 0 unspecified atom stereocenters. The zero-order chi connectivity index (χ0) is 17.1. The Balaban J connectivity index is 0.00000529. The molecule has 1 aromatic heterocycles. The summed E-state index contributed by atoms with van der Waals surface area (Å²) in [5.74, 6) is 0. The van der Waals surface area contributed by atoms with Crippen molar-refractivity contribution in [3.8, 4) is 0 Å². The minimum Gasteiger partial charge on any atom is -0.741 e. The standard InChI is InChI=1S/C14H21N7S2.Cu/c1-4-16-13(22)20-18-10(3)12(11-7-6-8-15-9-11)19-21-14(23)17-5-2;/h6-9H,4-5H2,1-3H3,(H2,16,20,22)(H2,17,21,23);/q;+2/p-2/b18-10+,19-12-;. The molecular formula is C14H19CuN7S2. The van der Waals surface area contributed by atoms with Gasteiger partial charge in [0, 0.05) is 31.0 Å². The summed E-state index contributed by atoms with van der Waals surface area (Å²) in [4.78, 5) is 12.2. The number of pyridine rings is 1. The summed E-state index contributed by atoms with van der Waals surface area (Å²) in [5, 5.41) is 9.12. The van der Waals surface area contributed by atoms with Crippen LogP contribution in [0.2, 0.25) is 0 Å². The molecule has 0 aliphatic heterocycles. The van der Waals surface area contributed by atoms with Gasteiger partial charge >= 0.3 is 17.1 Å². The third-order valence-corrected chi connectivity index (χ3v) is 2.90. The monoisotopic (exact) mass is 412 g/mol. The van der Waals surface area contributed by atoms with Crippen molar-refractivity contribution in [3.05, 3.63) is 30.1 Å². The number of aliphatic imine (C=N–C) groups is 2. The van der Waals surface area contributed by atoms with Crippen LogP contribution in [0.25, 0.3) is 0 Å². The summed E-state index contributed by atoms with van der Waals surface area (Å²) in [7, 11) is 0. The van der Waals surface area contributed by atoms with Gasteiger partial charge in [0.25, 0.3) is 0 Å². The van der Waals surface area contributed by atoms with E-state index >= 15 is 0 Å². The summed E-state index contributed by atoms with van der Waals surface area (Å²) >= 11 is 10.1. The summed E-state index contributed by atoms with van der Waals surface area (Å²) in [6.45, 7) is 6.78. The second-order valence-electron chi connectivity index (χ2n) is 4.18.